The second-order valence-corrected chi connectivity index (χ2v) is 5.27. The summed E-state index contributed by atoms with van der Waals surface area (Å²) in [5.74, 6) is 1.26. The molecule has 1 amide bonds. The predicted octanol–water partition coefficient (Wildman–Crippen LogP) is 0.373. The summed E-state index contributed by atoms with van der Waals surface area (Å²) >= 11 is 0. The van der Waals surface area contributed by atoms with Gasteiger partial charge in [-0.25, -0.2) is 14.8 Å². The molecule has 10 heteroatoms. The van der Waals surface area contributed by atoms with Crippen LogP contribution in [0.15, 0.2) is 46.2 Å². The third-order valence-electron chi connectivity index (χ3n) is 3.59. The SMILES string of the molecule is O=C(NCCc1nc(-c2ccco2)n[nH]1)c1cc2cncn2c(=O)[nH]1. The summed E-state index contributed by atoms with van der Waals surface area (Å²) in [6.45, 7) is 0.331. The number of hydrogen-bond donors (Lipinski definition) is 3. The fourth-order valence-electron chi connectivity index (χ4n) is 2.38. The highest BCUT2D eigenvalue weighted by molar-refractivity contribution is 5.93. The lowest BCUT2D eigenvalue weighted by Crippen LogP contribution is -2.29. The van der Waals surface area contributed by atoms with E-state index in [1.54, 1.807) is 24.5 Å². The summed E-state index contributed by atoms with van der Waals surface area (Å²) in [5, 5.41) is 9.58. The van der Waals surface area contributed by atoms with Crippen molar-refractivity contribution in [3.05, 3.63) is 59.0 Å². The number of carbonyl (C=O) groups is 1. The normalized spacial score (nSPS) is 11.0. The Morgan fingerprint density at radius 2 is 2.32 bits per heavy atom. The van der Waals surface area contributed by atoms with Gasteiger partial charge in [-0.15, -0.1) is 0 Å². The summed E-state index contributed by atoms with van der Waals surface area (Å²) in [4.78, 5) is 34.7. The van der Waals surface area contributed by atoms with Crippen LogP contribution in [-0.4, -0.2) is 42.0 Å². The van der Waals surface area contributed by atoms with Gasteiger partial charge in [0.25, 0.3) is 5.91 Å². The highest BCUT2D eigenvalue weighted by Gasteiger charge is 2.11. The third-order valence-corrected chi connectivity index (χ3v) is 3.59. The number of nitrogens with one attached hydrogen (secondary N) is 3. The van der Waals surface area contributed by atoms with E-state index in [1.807, 2.05) is 0 Å². The predicted molar refractivity (Wildman–Crippen MR) is 85.9 cm³/mol. The first-order valence-electron chi connectivity index (χ1n) is 7.49. The molecular formula is C15H13N7O3. The van der Waals surface area contributed by atoms with E-state index in [4.69, 9.17) is 4.42 Å². The monoisotopic (exact) mass is 339 g/mol. The number of hydrogen-bond acceptors (Lipinski definition) is 6. The first-order chi connectivity index (χ1) is 12.2. The lowest BCUT2D eigenvalue weighted by Gasteiger charge is -2.04. The molecule has 0 saturated heterocycles. The molecule has 0 aliphatic rings. The molecule has 25 heavy (non-hydrogen) atoms. The minimum Gasteiger partial charge on any atom is -0.461 e. The van der Waals surface area contributed by atoms with Crippen LogP contribution in [0, 0.1) is 0 Å². The highest BCUT2D eigenvalue weighted by Crippen LogP contribution is 2.14. The second kappa shape index (κ2) is 6.07. The molecule has 0 aliphatic carbocycles. The van der Waals surface area contributed by atoms with Crippen molar-refractivity contribution in [1.82, 2.24) is 34.9 Å². The zero-order valence-corrected chi connectivity index (χ0v) is 12.9. The quantitative estimate of drug-likeness (QED) is 0.481. The number of furan rings is 1. The van der Waals surface area contributed by atoms with Gasteiger partial charge >= 0.3 is 5.69 Å². The maximum Gasteiger partial charge on any atom is 0.331 e. The Morgan fingerprint density at radius 3 is 3.16 bits per heavy atom. The summed E-state index contributed by atoms with van der Waals surface area (Å²) in [6.07, 6.45) is 4.90. The molecule has 3 N–H and O–H groups in total. The number of rotatable bonds is 5. The van der Waals surface area contributed by atoms with E-state index in [-0.39, 0.29) is 11.6 Å². The zero-order valence-electron chi connectivity index (χ0n) is 12.9. The van der Waals surface area contributed by atoms with Crippen molar-refractivity contribution in [2.24, 2.45) is 0 Å². The van der Waals surface area contributed by atoms with Gasteiger partial charge in [-0.2, -0.15) is 5.10 Å². The fraction of sp³-hybridized carbons (Fsp3) is 0.133. The number of amides is 1. The molecule has 0 radical (unpaired) electrons. The van der Waals surface area contributed by atoms with Gasteiger partial charge in [0.15, 0.2) is 5.76 Å². The molecule has 10 nitrogen and oxygen atoms in total. The minimum atomic E-state index is -0.418. The molecular weight excluding hydrogens is 326 g/mol. The molecule has 0 atom stereocenters. The van der Waals surface area contributed by atoms with Crippen LogP contribution >= 0.6 is 0 Å². The fourth-order valence-corrected chi connectivity index (χ4v) is 2.38. The Balaban J connectivity index is 1.39. The number of aromatic nitrogens is 6. The molecule has 4 aromatic rings. The van der Waals surface area contributed by atoms with Gasteiger partial charge in [-0.1, -0.05) is 0 Å². The summed E-state index contributed by atoms with van der Waals surface area (Å²) in [6, 6.07) is 5.08. The Labute approximate surface area is 139 Å². The molecule has 0 saturated carbocycles. The number of H-pyrrole nitrogens is 2. The van der Waals surface area contributed by atoms with Crippen LogP contribution in [0.1, 0.15) is 16.3 Å². The molecule has 0 aliphatic heterocycles. The Bertz CT molecular complexity index is 1070. The van der Waals surface area contributed by atoms with Crippen LogP contribution in [0.3, 0.4) is 0 Å². The molecule has 0 unspecified atom stereocenters. The summed E-state index contributed by atoms with van der Waals surface area (Å²) in [7, 11) is 0. The Hall–Kier alpha value is -3.69. The van der Waals surface area contributed by atoms with Crippen molar-refractivity contribution in [3.63, 3.8) is 0 Å². The molecule has 126 valence electrons. The maximum atomic E-state index is 12.2. The van der Waals surface area contributed by atoms with Crippen molar-refractivity contribution in [2.45, 2.75) is 6.42 Å². The van der Waals surface area contributed by atoms with Crippen LogP contribution in [0.5, 0.6) is 0 Å². The van der Waals surface area contributed by atoms with E-state index >= 15 is 0 Å². The van der Waals surface area contributed by atoms with E-state index < -0.39 is 5.69 Å². The summed E-state index contributed by atoms with van der Waals surface area (Å²) in [5.41, 5.74) is 0.303. The van der Waals surface area contributed by atoms with E-state index in [0.29, 0.717) is 35.9 Å². The number of carbonyl (C=O) groups excluding carboxylic acids is 1. The van der Waals surface area contributed by atoms with Gasteiger partial charge in [-0.05, 0) is 18.2 Å². The van der Waals surface area contributed by atoms with Gasteiger partial charge in [0.05, 0.1) is 18.0 Å². The zero-order chi connectivity index (χ0) is 17.2. The minimum absolute atomic E-state index is 0.173. The molecule has 4 heterocycles. The van der Waals surface area contributed by atoms with Gasteiger partial charge in [0.2, 0.25) is 5.82 Å². The first kappa shape index (κ1) is 14.9. The average Bonchev–Trinajstić information content (AvgIpc) is 3.35. The second-order valence-electron chi connectivity index (χ2n) is 5.27. The van der Waals surface area contributed by atoms with Crippen molar-refractivity contribution in [1.29, 1.82) is 0 Å². The van der Waals surface area contributed by atoms with Crippen molar-refractivity contribution in [3.8, 4) is 11.6 Å². The smallest absolute Gasteiger partial charge is 0.331 e. The van der Waals surface area contributed by atoms with Crippen LogP contribution in [-0.2, 0) is 6.42 Å². The van der Waals surface area contributed by atoms with Crippen LogP contribution < -0.4 is 11.0 Å². The highest BCUT2D eigenvalue weighted by atomic mass is 16.3. The van der Waals surface area contributed by atoms with Crippen molar-refractivity contribution < 1.29 is 9.21 Å². The standard InChI is InChI=1S/C15H13N7O3/c23-14(10-6-9-7-16-8-22(9)15(24)18-10)17-4-3-12-19-13(21-20-12)11-2-1-5-25-11/h1-2,5-8H,3-4H2,(H,17,23)(H,18,24)(H,19,20,21). The largest absolute Gasteiger partial charge is 0.461 e. The molecule has 0 spiro atoms. The molecule has 4 rings (SSSR count). The topological polar surface area (TPSA) is 134 Å². The maximum absolute atomic E-state index is 12.2. The number of imidazole rings is 1. The molecule has 0 aromatic carbocycles. The van der Waals surface area contributed by atoms with Gasteiger partial charge in [0.1, 0.15) is 17.8 Å². The van der Waals surface area contributed by atoms with Crippen molar-refractivity contribution in [2.75, 3.05) is 6.54 Å². The molecule has 4 aromatic heterocycles. The Morgan fingerprint density at radius 1 is 1.40 bits per heavy atom. The van der Waals surface area contributed by atoms with Crippen LogP contribution in [0.2, 0.25) is 0 Å². The summed E-state index contributed by atoms with van der Waals surface area (Å²) < 4.78 is 6.54. The Kier molecular flexibility index (Phi) is 3.61. The molecule has 0 fully saturated rings. The van der Waals surface area contributed by atoms with E-state index in [1.165, 1.54) is 16.9 Å². The van der Waals surface area contributed by atoms with Crippen LogP contribution in [0.25, 0.3) is 17.1 Å². The molecule has 0 bridgehead atoms. The van der Waals surface area contributed by atoms with E-state index in [0.717, 1.165) is 0 Å². The number of aromatic amines is 2. The van der Waals surface area contributed by atoms with Gasteiger partial charge in [0, 0.05) is 13.0 Å². The first-order valence-corrected chi connectivity index (χ1v) is 7.49. The number of fused-ring (bicyclic) bond motifs is 1. The van der Waals surface area contributed by atoms with E-state index in [2.05, 4.69) is 30.5 Å². The lowest BCUT2D eigenvalue weighted by molar-refractivity contribution is 0.0948. The number of nitrogens with zero attached hydrogens (tertiary/aromatic N) is 4. The van der Waals surface area contributed by atoms with Crippen molar-refractivity contribution >= 4 is 11.4 Å². The lowest BCUT2D eigenvalue weighted by atomic mass is 10.3. The average molecular weight is 339 g/mol. The van der Waals surface area contributed by atoms with Gasteiger partial charge in [-0.3, -0.25) is 14.3 Å². The van der Waals surface area contributed by atoms with Gasteiger partial charge < -0.3 is 14.7 Å². The third kappa shape index (κ3) is 2.92. The van der Waals surface area contributed by atoms with Crippen LogP contribution in [0.4, 0.5) is 0 Å². The van der Waals surface area contributed by atoms with E-state index in [9.17, 15) is 9.59 Å².